The van der Waals surface area contributed by atoms with Crippen molar-refractivity contribution in [3.05, 3.63) is 46.1 Å². The first kappa shape index (κ1) is 27.0. The molecule has 3 aliphatic rings. The first-order chi connectivity index (χ1) is 18.6. The molecule has 1 amide bonds. The summed E-state index contributed by atoms with van der Waals surface area (Å²) in [5, 5.41) is 10.9. The molecule has 0 unspecified atom stereocenters. The van der Waals surface area contributed by atoms with Crippen molar-refractivity contribution in [3.63, 3.8) is 0 Å². The van der Waals surface area contributed by atoms with E-state index in [1.807, 2.05) is 0 Å². The fourth-order valence-electron chi connectivity index (χ4n) is 5.11. The van der Waals surface area contributed by atoms with Crippen molar-refractivity contribution >= 4 is 11.9 Å². The van der Waals surface area contributed by atoms with Crippen LogP contribution < -0.4 is 9.47 Å². The van der Waals surface area contributed by atoms with Gasteiger partial charge in [-0.15, -0.1) is 13.2 Å². The molecule has 0 saturated carbocycles. The Balaban J connectivity index is 0.976. The van der Waals surface area contributed by atoms with E-state index < -0.39 is 17.4 Å². The van der Waals surface area contributed by atoms with Crippen LogP contribution in [0.5, 0.6) is 11.8 Å². The van der Waals surface area contributed by atoms with Gasteiger partial charge in [0.1, 0.15) is 24.2 Å². The van der Waals surface area contributed by atoms with Crippen LogP contribution >= 0.6 is 0 Å². The number of ether oxygens (including phenoxy) is 3. The molecule has 0 bridgehead atoms. The number of amides is 1. The number of likely N-dealkylation sites (tertiary alicyclic amines) is 1. The number of hydrogen-bond acceptors (Lipinski definition) is 9. The molecule has 0 N–H and O–H groups in total. The Morgan fingerprint density at radius 3 is 2.28 bits per heavy atom. The van der Waals surface area contributed by atoms with Crippen molar-refractivity contribution in [3.8, 4) is 11.8 Å². The lowest BCUT2D eigenvalue weighted by molar-refractivity contribution is -0.389. The number of nitrogens with zero attached hydrogens (tertiary/aromatic N) is 6. The Labute approximate surface area is 222 Å². The molecular weight excluding hydrogens is 525 g/mol. The molecule has 15 heteroatoms. The van der Waals surface area contributed by atoms with E-state index in [0.29, 0.717) is 31.2 Å². The van der Waals surface area contributed by atoms with E-state index in [1.165, 1.54) is 30.5 Å². The van der Waals surface area contributed by atoms with Gasteiger partial charge in [-0.25, -0.2) is 4.79 Å². The normalized spacial score (nSPS) is 19.5. The van der Waals surface area contributed by atoms with Gasteiger partial charge in [-0.05, 0) is 22.6 Å². The van der Waals surface area contributed by atoms with Gasteiger partial charge in [-0.1, -0.05) is 12.1 Å². The molecule has 1 aromatic carbocycles. The maximum atomic E-state index is 12.4. The standard InChI is InChI=1S/C24H29F3N6O6/c25-24(26,27)38-19-3-1-18(2-4-19)16-37-22(34)31-13-11-30(12-14-31)10-9-29-7-5-23(6-8-29)17-32-15-20(33(35)36)28-21(32)39-23/h1-4,15H,5-14,16-17H2. The highest BCUT2D eigenvalue weighted by atomic mass is 19.4. The minimum absolute atomic E-state index is 0.0379. The number of rotatable bonds is 7. The Morgan fingerprint density at radius 2 is 1.69 bits per heavy atom. The smallest absolute Gasteiger partial charge is 0.445 e. The van der Waals surface area contributed by atoms with Gasteiger partial charge in [-0.3, -0.25) is 9.47 Å². The SMILES string of the molecule is O=C(OCc1ccc(OC(F)(F)F)cc1)N1CCN(CCN2CCC3(CC2)Cn2cc([N+](=O)[O-])nc2O3)CC1. The summed E-state index contributed by atoms with van der Waals surface area (Å²) in [5.41, 5.74) is 0.215. The number of carbonyl (C=O) groups excluding carboxylic acids is 1. The lowest BCUT2D eigenvalue weighted by Gasteiger charge is -2.39. The lowest BCUT2D eigenvalue weighted by atomic mass is 9.91. The fraction of sp³-hybridized carbons (Fsp3) is 0.583. The minimum atomic E-state index is -4.75. The number of hydrogen-bond donors (Lipinski definition) is 0. The topological polar surface area (TPSA) is 115 Å². The number of imidazole rings is 1. The molecule has 4 heterocycles. The van der Waals surface area contributed by atoms with Crippen LogP contribution in [0.15, 0.2) is 30.5 Å². The third kappa shape index (κ3) is 6.71. The monoisotopic (exact) mass is 554 g/mol. The molecule has 0 radical (unpaired) electrons. The molecule has 1 spiro atoms. The van der Waals surface area contributed by atoms with E-state index in [4.69, 9.17) is 9.47 Å². The molecule has 2 saturated heterocycles. The summed E-state index contributed by atoms with van der Waals surface area (Å²) in [5.74, 6) is -0.524. The molecule has 3 aliphatic heterocycles. The second-order valence-corrected chi connectivity index (χ2v) is 9.97. The number of benzene rings is 1. The molecule has 0 aliphatic carbocycles. The molecule has 5 rings (SSSR count). The summed E-state index contributed by atoms with van der Waals surface area (Å²) < 4.78 is 53.7. The van der Waals surface area contributed by atoms with Crippen molar-refractivity contribution in [2.45, 2.75) is 38.0 Å². The van der Waals surface area contributed by atoms with Crippen LogP contribution in [0, 0.1) is 10.1 Å². The van der Waals surface area contributed by atoms with E-state index in [0.717, 1.165) is 52.1 Å². The van der Waals surface area contributed by atoms with E-state index in [1.54, 1.807) is 9.47 Å². The summed E-state index contributed by atoms with van der Waals surface area (Å²) in [4.78, 5) is 33.1. The molecule has 39 heavy (non-hydrogen) atoms. The van der Waals surface area contributed by atoms with E-state index in [2.05, 4.69) is 19.5 Å². The van der Waals surface area contributed by atoms with Gasteiger partial charge in [-0.2, -0.15) is 0 Å². The summed E-state index contributed by atoms with van der Waals surface area (Å²) in [6.45, 7) is 6.54. The van der Waals surface area contributed by atoms with Crippen molar-refractivity contribution in [1.29, 1.82) is 0 Å². The van der Waals surface area contributed by atoms with Crippen molar-refractivity contribution in [1.82, 2.24) is 24.3 Å². The second-order valence-electron chi connectivity index (χ2n) is 9.97. The largest absolute Gasteiger partial charge is 0.573 e. The summed E-state index contributed by atoms with van der Waals surface area (Å²) in [6.07, 6.45) is -2.13. The zero-order valence-electron chi connectivity index (χ0n) is 21.1. The maximum absolute atomic E-state index is 12.4. The Bertz CT molecular complexity index is 1150. The number of nitro groups is 1. The van der Waals surface area contributed by atoms with Crippen molar-refractivity contribution < 1.29 is 37.1 Å². The predicted molar refractivity (Wildman–Crippen MR) is 129 cm³/mol. The van der Waals surface area contributed by atoms with Gasteiger partial charge in [0.2, 0.25) is 0 Å². The number of fused-ring (bicyclic) bond motifs is 1. The van der Waals surface area contributed by atoms with Gasteiger partial charge < -0.3 is 34.1 Å². The average molecular weight is 555 g/mol. The summed E-state index contributed by atoms with van der Waals surface area (Å²) in [7, 11) is 0. The molecular formula is C24H29F3N6O6. The Hall–Kier alpha value is -3.59. The van der Waals surface area contributed by atoms with Crippen LogP contribution in [-0.2, 0) is 17.9 Å². The van der Waals surface area contributed by atoms with Gasteiger partial charge in [0.05, 0.1) is 6.54 Å². The molecule has 2 aromatic rings. The zero-order valence-corrected chi connectivity index (χ0v) is 21.1. The van der Waals surface area contributed by atoms with Crippen LogP contribution in [-0.4, -0.2) is 99.6 Å². The summed E-state index contributed by atoms with van der Waals surface area (Å²) >= 11 is 0. The number of alkyl halides is 3. The minimum Gasteiger partial charge on any atom is -0.445 e. The predicted octanol–water partition coefficient (Wildman–Crippen LogP) is 2.87. The highest BCUT2D eigenvalue weighted by Crippen LogP contribution is 2.37. The van der Waals surface area contributed by atoms with Crippen LogP contribution in [0.4, 0.5) is 23.8 Å². The first-order valence-corrected chi connectivity index (χ1v) is 12.7. The van der Waals surface area contributed by atoms with Gasteiger partial charge >= 0.3 is 24.3 Å². The first-order valence-electron chi connectivity index (χ1n) is 12.7. The third-order valence-electron chi connectivity index (χ3n) is 7.33. The van der Waals surface area contributed by atoms with Gasteiger partial charge in [0, 0.05) is 70.2 Å². The maximum Gasteiger partial charge on any atom is 0.573 e. The molecule has 2 fully saturated rings. The van der Waals surface area contributed by atoms with Gasteiger partial charge in [0.15, 0.2) is 0 Å². The fourth-order valence-corrected chi connectivity index (χ4v) is 5.11. The molecule has 1 aromatic heterocycles. The van der Waals surface area contributed by atoms with Crippen LogP contribution in [0.3, 0.4) is 0 Å². The molecule has 0 atom stereocenters. The van der Waals surface area contributed by atoms with Crippen LogP contribution in [0.25, 0.3) is 0 Å². The number of aromatic nitrogens is 2. The number of halogens is 3. The molecule has 12 nitrogen and oxygen atoms in total. The highest BCUT2D eigenvalue weighted by molar-refractivity contribution is 5.67. The number of carbonyl (C=O) groups is 1. The average Bonchev–Trinajstić information content (AvgIpc) is 3.44. The number of piperidine rings is 1. The quantitative estimate of drug-likeness (QED) is 0.376. The Morgan fingerprint density at radius 1 is 1.05 bits per heavy atom. The lowest BCUT2D eigenvalue weighted by Crippen LogP contribution is -2.52. The second kappa shape index (κ2) is 10.9. The summed E-state index contributed by atoms with van der Waals surface area (Å²) in [6, 6.07) is 5.53. The van der Waals surface area contributed by atoms with Crippen molar-refractivity contribution in [2.75, 3.05) is 52.4 Å². The Kier molecular flexibility index (Phi) is 7.53. The zero-order chi connectivity index (χ0) is 27.6. The highest BCUT2D eigenvalue weighted by Gasteiger charge is 2.45. The number of piperazine rings is 1. The molecule has 212 valence electrons. The van der Waals surface area contributed by atoms with Gasteiger partial charge in [0.25, 0.3) is 0 Å². The third-order valence-corrected chi connectivity index (χ3v) is 7.33. The van der Waals surface area contributed by atoms with Crippen LogP contribution in [0.2, 0.25) is 0 Å². The van der Waals surface area contributed by atoms with E-state index in [9.17, 15) is 28.1 Å². The van der Waals surface area contributed by atoms with Crippen LogP contribution in [0.1, 0.15) is 18.4 Å². The van der Waals surface area contributed by atoms with Crippen molar-refractivity contribution in [2.24, 2.45) is 0 Å². The van der Waals surface area contributed by atoms with E-state index in [-0.39, 0.29) is 23.8 Å². The van der Waals surface area contributed by atoms with E-state index >= 15 is 0 Å².